The minimum Gasteiger partial charge on any atom is -0.332 e. The number of benzene rings is 3. The van der Waals surface area contributed by atoms with Crippen LogP contribution < -0.4 is 20.9 Å². The summed E-state index contributed by atoms with van der Waals surface area (Å²) in [6, 6.07) is 21.2. The molecule has 3 N–H and O–H groups in total. The summed E-state index contributed by atoms with van der Waals surface area (Å²) in [6.07, 6.45) is 0. The lowest BCUT2D eigenvalue weighted by atomic mass is 10.1. The van der Waals surface area contributed by atoms with Crippen molar-refractivity contribution < 1.29 is 14.4 Å². The highest BCUT2D eigenvalue weighted by atomic mass is 32.1. The molecule has 160 valence electrons. The van der Waals surface area contributed by atoms with Crippen molar-refractivity contribution >= 4 is 52.1 Å². The average molecular weight is 445 g/mol. The zero-order valence-corrected chi connectivity index (χ0v) is 18.0. The highest BCUT2D eigenvalue weighted by Gasteiger charge is 2.36. The molecule has 0 radical (unpaired) electrons. The van der Waals surface area contributed by atoms with Crippen molar-refractivity contribution in [2.45, 2.75) is 13.5 Å². The van der Waals surface area contributed by atoms with Crippen LogP contribution in [0.5, 0.6) is 0 Å². The number of thiocarbonyl (C=S) groups is 1. The van der Waals surface area contributed by atoms with Gasteiger partial charge in [0, 0.05) is 11.4 Å². The van der Waals surface area contributed by atoms with Gasteiger partial charge in [0.05, 0.1) is 17.8 Å². The predicted molar refractivity (Wildman–Crippen MR) is 128 cm³/mol. The Kier molecular flexibility index (Phi) is 5.96. The second-order valence-corrected chi connectivity index (χ2v) is 7.75. The molecule has 1 heterocycles. The molecule has 7 nitrogen and oxygen atoms in total. The summed E-state index contributed by atoms with van der Waals surface area (Å²) in [5.41, 5.74) is 3.93. The van der Waals surface area contributed by atoms with E-state index in [4.69, 9.17) is 12.2 Å². The SMILES string of the molecule is Cc1ccc(NC(=S)NC(=O)Nc2ccc3c(c2)C(=O)C(=O)N3Cc2ccccc2)cc1. The number of urea groups is 1. The molecule has 3 aromatic carbocycles. The summed E-state index contributed by atoms with van der Waals surface area (Å²) in [6.45, 7) is 2.27. The van der Waals surface area contributed by atoms with Crippen LogP contribution in [0.4, 0.5) is 21.9 Å². The average Bonchev–Trinajstić information content (AvgIpc) is 3.00. The van der Waals surface area contributed by atoms with E-state index < -0.39 is 17.7 Å². The molecule has 0 saturated heterocycles. The monoisotopic (exact) mass is 444 g/mol. The second-order valence-electron chi connectivity index (χ2n) is 7.34. The van der Waals surface area contributed by atoms with Crippen molar-refractivity contribution in [2.75, 3.05) is 15.5 Å². The normalized spacial score (nSPS) is 12.3. The Hall–Kier alpha value is -4.04. The van der Waals surface area contributed by atoms with Crippen LogP contribution in [0.1, 0.15) is 21.5 Å². The maximum Gasteiger partial charge on any atom is 0.325 e. The van der Waals surface area contributed by atoms with E-state index in [-0.39, 0.29) is 10.7 Å². The van der Waals surface area contributed by atoms with Gasteiger partial charge in [-0.2, -0.15) is 0 Å². The van der Waals surface area contributed by atoms with Gasteiger partial charge in [-0.05, 0) is 55.0 Å². The van der Waals surface area contributed by atoms with Gasteiger partial charge < -0.3 is 15.5 Å². The van der Waals surface area contributed by atoms with Gasteiger partial charge in [-0.15, -0.1) is 0 Å². The van der Waals surface area contributed by atoms with Crippen LogP contribution in [0.3, 0.4) is 0 Å². The number of carbonyl (C=O) groups excluding carboxylic acids is 3. The third-order valence-corrected chi connectivity index (χ3v) is 5.15. The molecule has 0 saturated carbocycles. The lowest BCUT2D eigenvalue weighted by molar-refractivity contribution is -0.114. The van der Waals surface area contributed by atoms with Crippen molar-refractivity contribution in [3.63, 3.8) is 0 Å². The second kappa shape index (κ2) is 8.99. The number of anilines is 3. The Bertz CT molecular complexity index is 1210. The fraction of sp³-hybridized carbons (Fsp3) is 0.0833. The zero-order valence-electron chi connectivity index (χ0n) is 17.2. The zero-order chi connectivity index (χ0) is 22.7. The number of aryl methyl sites for hydroxylation is 1. The molecule has 8 heteroatoms. The summed E-state index contributed by atoms with van der Waals surface area (Å²) in [7, 11) is 0. The quantitative estimate of drug-likeness (QED) is 0.414. The van der Waals surface area contributed by atoms with Crippen LogP contribution in [0.25, 0.3) is 0 Å². The maximum absolute atomic E-state index is 12.5. The van der Waals surface area contributed by atoms with Crippen molar-refractivity contribution in [1.82, 2.24) is 5.32 Å². The molecule has 0 aromatic heterocycles. The number of fused-ring (bicyclic) bond motifs is 1. The van der Waals surface area contributed by atoms with Crippen molar-refractivity contribution in [3.8, 4) is 0 Å². The minimum atomic E-state index is -0.600. The fourth-order valence-electron chi connectivity index (χ4n) is 3.37. The van der Waals surface area contributed by atoms with E-state index in [1.165, 1.54) is 11.0 Å². The molecular formula is C24H20N4O3S. The first-order chi connectivity index (χ1) is 15.4. The molecule has 3 aromatic rings. The van der Waals surface area contributed by atoms with Crippen LogP contribution in [-0.4, -0.2) is 22.8 Å². The Morgan fingerprint density at radius 2 is 1.59 bits per heavy atom. The Labute approximate surface area is 190 Å². The molecule has 0 unspecified atom stereocenters. The molecule has 0 spiro atoms. The maximum atomic E-state index is 12.5. The predicted octanol–water partition coefficient (Wildman–Crippen LogP) is 4.24. The highest BCUT2D eigenvalue weighted by Crippen LogP contribution is 2.32. The largest absolute Gasteiger partial charge is 0.332 e. The van der Waals surface area contributed by atoms with Crippen LogP contribution in [0, 0.1) is 6.92 Å². The fourth-order valence-corrected chi connectivity index (χ4v) is 3.58. The standard InChI is InChI=1S/C24H20N4O3S/c1-15-7-9-17(10-8-15)26-24(32)27-23(31)25-18-11-12-20-19(13-18)21(29)22(30)28(20)14-16-5-3-2-4-6-16/h2-13H,14H2,1H3,(H3,25,26,27,31,32). The number of rotatable bonds is 4. The topological polar surface area (TPSA) is 90.5 Å². The van der Waals surface area contributed by atoms with E-state index in [9.17, 15) is 14.4 Å². The smallest absolute Gasteiger partial charge is 0.325 e. The van der Waals surface area contributed by atoms with Crippen LogP contribution in [0.2, 0.25) is 0 Å². The third-order valence-electron chi connectivity index (χ3n) is 4.95. The van der Waals surface area contributed by atoms with Crippen LogP contribution in [0.15, 0.2) is 72.8 Å². The highest BCUT2D eigenvalue weighted by molar-refractivity contribution is 7.80. The molecule has 3 amide bonds. The van der Waals surface area contributed by atoms with E-state index in [1.54, 1.807) is 12.1 Å². The first kappa shape index (κ1) is 21.2. The minimum absolute atomic E-state index is 0.132. The Balaban J connectivity index is 1.42. The number of nitrogens with one attached hydrogen (secondary N) is 3. The molecule has 0 aliphatic carbocycles. The number of hydrogen-bond donors (Lipinski definition) is 3. The van der Waals surface area contributed by atoms with Gasteiger partial charge in [-0.3, -0.25) is 14.9 Å². The third kappa shape index (κ3) is 4.65. The number of ketones is 1. The van der Waals surface area contributed by atoms with E-state index in [1.807, 2.05) is 61.5 Å². The number of hydrogen-bond acceptors (Lipinski definition) is 4. The molecule has 1 aliphatic heterocycles. The summed E-state index contributed by atoms with van der Waals surface area (Å²) in [4.78, 5) is 38.7. The van der Waals surface area contributed by atoms with E-state index in [0.717, 1.165) is 16.8 Å². The van der Waals surface area contributed by atoms with E-state index in [0.29, 0.717) is 17.9 Å². The Morgan fingerprint density at radius 1 is 0.906 bits per heavy atom. The van der Waals surface area contributed by atoms with Gasteiger partial charge in [0.15, 0.2) is 5.11 Å². The summed E-state index contributed by atoms with van der Waals surface area (Å²) >= 11 is 5.16. The molecular weight excluding hydrogens is 424 g/mol. The summed E-state index contributed by atoms with van der Waals surface area (Å²) in [5, 5.41) is 8.22. The van der Waals surface area contributed by atoms with Gasteiger partial charge >= 0.3 is 6.03 Å². The van der Waals surface area contributed by atoms with Gasteiger partial charge in [0.1, 0.15) is 0 Å². The Morgan fingerprint density at radius 3 is 2.31 bits per heavy atom. The molecule has 0 bridgehead atoms. The lowest BCUT2D eigenvalue weighted by Gasteiger charge is -2.17. The van der Waals surface area contributed by atoms with Gasteiger partial charge in [0.2, 0.25) is 0 Å². The molecule has 0 atom stereocenters. The number of carbonyl (C=O) groups is 3. The van der Waals surface area contributed by atoms with Crippen LogP contribution in [-0.2, 0) is 11.3 Å². The first-order valence-electron chi connectivity index (χ1n) is 9.90. The molecule has 0 fully saturated rings. The summed E-state index contributed by atoms with van der Waals surface area (Å²) < 4.78 is 0. The number of Topliss-reactive ketones (excluding diaryl/α,β-unsaturated/α-hetero) is 1. The van der Waals surface area contributed by atoms with Crippen LogP contribution >= 0.6 is 12.2 Å². The van der Waals surface area contributed by atoms with Gasteiger partial charge in [0.25, 0.3) is 11.7 Å². The number of nitrogens with zero attached hydrogens (tertiary/aromatic N) is 1. The number of amides is 3. The van der Waals surface area contributed by atoms with Crippen molar-refractivity contribution in [1.29, 1.82) is 0 Å². The molecule has 32 heavy (non-hydrogen) atoms. The first-order valence-corrected chi connectivity index (χ1v) is 10.3. The van der Waals surface area contributed by atoms with Crippen molar-refractivity contribution in [3.05, 3.63) is 89.5 Å². The molecule has 1 aliphatic rings. The van der Waals surface area contributed by atoms with Crippen molar-refractivity contribution in [2.24, 2.45) is 0 Å². The molecule has 4 rings (SSSR count). The van der Waals surface area contributed by atoms with E-state index in [2.05, 4.69) is 16.0 Å². The van der Waals surface area contributed by atoms with Gasteiger partial charge in [-0.25, -0.2) is 4.79 Å². The van der Waals surface area contributed by atoms with Gasteiger partial charge in [-0.1, -0.05) is 48.0 Å². The summed E-state index contributed by atoms with van der Waals surface area (Å²) in [5.74, 6) is -1.19. The lowest BCUT2D eigenvalue weighted by Crippen LogP contribution is -2.37. The van der Waals surface area contributed by atoms with E-state index >= 15 is 0 Å².